The van der Waals surface area contributed by atoms with Gasteiger partial charge in [0.1, 0.15) is 12.0 Å². The molecule has 1 aromatic rings. The first-order chi connectivity index (χ1) is 7.69. The summed E-state index contributed by atoms with van der Waals surface area (Å²) in [5.41, 5.74) is 1.13. The van der Waals surface area contributed by atoms with Gasteiger partial charge in [0.2, 0.25) is 0 Å². The van der Waals surface area contributed by atoms with Gasteiger partial charge in [0.15, 0.2) is 5.78 Å². The number of hydrogen-bond acceptors (Lipinski definition) is 3. The number of aromatic hydroxyl groups is 1. The van der Waals surface area contributed by atoms with Crippen molar-refractivity contribution in [1.29, 1.82) is 0 Å². The predicted octanol–water partition coefficient (Wildman–Crippen LogP) is 2.59. The van der Waals surface area contributed by atoms with E-state index in [9.17, 15) is 14.7 Å². The fraction of sp³-hybridized carbons (Fsp3) is 0.231. The number of rotatable bonds is 5. The van der Waals surface area contributed by atoms with Crippen LogP contribution >= 0.6 is 0 Å². The Bertz CT molecular complexity index is 419. The second-order valence-corrected chi connectivity index (χ2v) is 3.36. The molecule has 0 saturated carbocycles. The van der Waals surface area contributed by atoms with Crippen molar-refractivity contribution in [2.75, 3.05) is 0 Å². The van der Waals surface area contributed by atoms with Gasteiger partial charge in [-0.3, -0.25) is 4.79 Å². The van der Waals surface area contributed by atoms with Crippen molar-refractivity contribution < 1.29 is 14.7 Å². The number of phenolic OH excluding ortho intramolecular Hbond substituents is 1. The third-order valence-electron chi connectivity index (χ3n) is 2.18. The number of carbonyl (C=O) groups is 2. The number of ketones is 1. The normalized spacial score (nSPS) is 10.6. The molecule has 0 aliphatic rings. The number of carbonyl (C=O) groups excluding carboxylic acids is 2. The first-order valence-electron chi connectivity index (χ1n) is 5.15. The zero-order valence-corrected chi connectivity index (χ0v) is 9.14. The highest BCUT2D eigenvalue weighted by Gasteiger charge is 2.08. The zero-order valence-electron chi connectivity index (χ0n) is 9.14. The van der Waals surface area contributed by atoms with Gasteiger partial charge in [-0.2, -0.15) is 0 Å². The van der Waals surface area contributed by atoms with Crippen LogP contribution in [0.5, 0.6) is 5.75 Å². The van der Waals surface area contributed by atoms with Crippen molar-refractivity contribution in [3.05, 3.63) is 35.4 Å². The van der Waals surface area contributed by atoms with E-state index < -0.39 is 0 Å². The summed E-state index contributed by atoms with van der Waals surface area (Å²) in [6.45, 7) is 1.75. The molecule has 0 aliphatic carbocycles. The zero-order chi connectivity index (χ0) is 12.0. The predicted molar refractivity (Wildman–Crippen MR) is 62.4 cm³/mol. The highest BCUT2D eigenvalue weighted by atomic mass is 16.3. The maximum absolute atomic E-state index is 11.5. The van der Waals surface area contributed by atoms with Gasteiger partial charge in [-0.25, -0.2) is 0 Å². The summed E-state index contributed by atoms with van der Waals surface area (Å²) in [7, 11) is 0. The summed E-state index contributed by atoms with van der Waals surface area (Å²) in [6, 6.07) is 4.81. The quantitative estimate of drug-likeness (QED) is 0.610. The minimum absolute atomic E-state index is 0.000567. The first kappa shape index (κ1) is 12.2. The summed E-state index contributed by atoms with van der Waals surface area (Å²) < 4.78 is 0. The molecule has 0 aromatic heterocycles. The van der Waals surface area contributed by atoms with Crippen molar-refractivity contribution >= 4 is 18.1 Å². The third kappa shape index (κ3) is 3.05. The maximum Gasteiger partial charge on any atom is 0.166 e. The molecule has 3 nitrogen and oxygen atoms in total. The fourth-order valence-corrected chi connectivity index (χ4v) is 1.33. The van der Waals surface area contributed by atoms with Crippen LogP contribution in [0.3, 0.4) is 0 Å². The minimum Gasteiger partial charge on any atom is -0.507 e. The number of hydrogen-bond donors (Lipinski definition) is 1. The van der Waals surface area contributed by atoms with Crippen molar-refractivity contribution in [2.45, 2.75) is 19.8 Å². The van der Waals surface area contributed by atoms with Crippen LogP contribution < -0.4 is 0 Å². The standard InChI is InChI=1S/C13H14O3/c1-2-12(15)11-9-10(5-3-4-8-14)6-7-13(11)16/h3,5-9,16H,2,4H2,1H3. The van der Waals surface area contributed by atoms with E-state index in [4.69, 9.17) is 0 Å². The average Bonchev–Trinajstić information content (AvgIpc) is 2.30. The first-order valence-corrected chi connectivity index (χ1v) is 5.15. The van der Waals surface area contributed by atoms with Crippen molar-refractivity contribution in [3.8, 4) is 5.75 Å². The van der Waals surface area contributed by atoms with Crippen LogP contribution in [-0.2, 0) is 4.79 Å². The van der Waals surface area contributed by atoms with E-state index in [0.717, 1.165) is 11.8 Å². The van der Waals surface area contributed by atoms with E-state index in [0.29, 0.717) is 18.4 Å². The maximum atomic E-state index is 11.5. The van der Waals surface area contributed by atoms with E-state index in [2.05, 4.69) is 0 Å². The Labute approximate surface area is 94.4 Å². The van der Waals surface area contributed by atoms with E-state index in [-0.39, 0.29) is 11.5 Å². The molecule has 0 aliphatic heterocycles. The van der Waals surface area contributed by atoms with Crippen LogP contribution in [-0.4, -0.2) is 17.2 Å². The van der Waals surface area contributed by atoms with Crippen LogP contribution in [0.2, 0.25) is 0 Å². The molecule has 0 fully saturated rings. The van der Waals surface area contributed by atoms with Crippen molar-refractivity contribution in [1.82, 2.24) is 0 Å². The lowest BCUT2D eigenvalue weighted by Crippen LogP contribution is -1.97. The molecule has 0 spiro atoms. The summed E-state index contributed by atoms with van der Waals surface area (Å²) in [5, 5.41) is 9.51. The molecule has 0 unspecified atom stereocenters. The SMILES string of the molecule is CCC(=O)c1cc(C=CCC=O)ccc1O. The van der Waals surface area contributed by atoms with Crippen LogP contribution in [0.1, 0.15) is 35.7 Å². The molecule has 3 heteroatoms. The molecule has 16 heavy (non-hydrogen) atoms. The molecule has 0 heterocycles. The molecule has 0 radical (unpaired) electrons. The van der Waals surface area contributed by atoms with E-state index >= 15 is 0 Å². The average molecular weight is 218 g/mol. The van der Waals surface area contributed by atoms with E-state index in [1.165, 1.54) is 6.07 Å². The molecule has 0 saturated heterocycles. The molecule has 1 aromatic carbocycles. The Morgan fingerprint density at radius 3 is 2.81 bits per heavy atom. The monoisotopic (exact) mass is 218 g/mol. The molecule has 1 N–H and O–H groups in total. The number of allylic oxidation sites excluding steroid dienone is 1. The largest absolute Gasteiger partial charge is 0.507 e. The number of aldehydes is 1. The molecule has 0 amide bonds. The molecular weight excluding hydrogens is 204 g/mol. The summed E-state index contributed by atoms with van der Waals surface area (Å²) >= 11 is 0. The Hall–Kier alpha value is -1.90. The van der Waals surface area contributed by atoms with Gasteiger partial charge in [0, 0.05) is 12.8 Å². The Morgan fingerprint density at radius 1 is 1.44 bits per heavy atom. The second kappa shape index (κ2) is 5.85. The van der Waals surface area contributed by atoms with Gasteiger partial charge in [-0.15, -0.1) is 0 Å². The Morgan fingerprint density at radius 2 is 2.19 bits per heavy atom. The van der Waals surface area contributed by atoms with Gasteiger partial charge in [0.25, 0.3) is 0 Å². The highest BCUT2D eigenvalue weighted by Crippen LogP contribution is 2.20. The van der Waals surface area contributed by atoms with Gasteiger partial charge in [-0.05, 0) is 17.7 Å². The number of Topliss-reactive ketones (excluding diaryl/α,β-unsaturated/α-hetero) is 1. The minimum atomic E-state index is -0.0943. The highest BCUT2D eigenvalue weighted by molar-refractivity contribution is 5.98. The van der Waals surface area contributed by atoms with E-state index in [1.807, 2.05) is 0 Å². The summed E-state index contributed by atoms with van der Waals surface area (Å²) in [6.07, 6.45) is 4.96. The third-order valence-corrected chi connectivity index (χ3v) is 2.18. The van der Waals surface area contributed by atoms with Crippen molar-refractivity contribution in [3.63, 3.8) is 0 Å². The van der Waals surface area contributed by atoms with Crippen LogP contribution in [0.15, 0.2) is 24.3 Å². The van der Waals surface area contributed by atoms with Crippen LogP contribution in [0, 0.1) is 0 Å². The van der Waals surface area contributed by atoms with E-state index in [1.54, 1.807) is 31.2 Å². The topological polar surface area (TPSA) is 54.4 Å². The lowest BCUT2D eigenvalue weighted by Gasteiger charge is -2.03. The van der Waals surface area contributed by atoms with Crippen LogP contribution in [0.25, 0.3) is 6.08 Å². The molecular formula is C13H14O3. The molecule has 84 valence electrons. The Kier molecular flexibility index (Phi) is 4.45. The van der Waals surface area contributed by atoms with Crippen LogP contribution in [0.4, 0.5) is 0 Å². The second-order valence-electron chi connectivity index (χ2n) is 3.36. The van der Waals surface area contributed by atoms with Gasteiger partial charge < -0.3 is 9.90 Å². The molecule has 1 rings (SSSR count). The smallest absolute Gasteiger partial charge is 0.166 e. The number of benzene rings is 1. The van der Waals surface area contributed by atoms with Gasteiger partial charge >= 0.3 is 0 Å². The molecule has 0 bridgehead atoms. The summed E-state index contributed by atoms with van der Waals surface area (Å²) in [4.78, 5) is 21.6. The molecule has 0 atom stereocenters. The lowest BCUT2D eigenvalue weighted by molar-refractivity contribution is -0.107. The van der Waals surface area contributed by atoms with Crippen molar-refractivity contribution in [2.24, 2.45) is 0 Å². The van der Waals surface area contributed by atoms with Gasteiger partial charge in [0.05, 0.1) is 5.56 Å². The fourth-order valence-electron chi connectivity index (χ4n) is 1.33. The van der Waals surface area contributed by atoms with Gasteiger partial charge in [-0.1, -0.05) is 25.1 Å². The lowest BCUT2D eigenvalue weighted by atomic mass is 10.0. The Balaban J connectivity index is 2.97. The summed E-state index contributed by atoms with van der Waals surface area (Å²) in [5.74, 6) is -0.0949. The number of phenols is 1.